The van der Waals surface area contributed by atoms with Crippen LogP contribution in [0.25, 0.3) is 0 Å². The monoisotopic (exact) mass is 281 g/mol. The second kappa shape index (κ2) is 5.52. The molecule has 0 aromatic heterocycles. The third-order valence-electron chi connectivity index (χ3n) is 2.09. The number of sulfonamides is 1. The topological polar surface area (TPSA) is 84.2 Å². The van der Waals surface area contributed by atoms with Gasteiger partial charge >= 0.3 is 0 Å². The standard InChI is InChI=1S/C9H13ClFN3O2S/c1-13-17(15,16)3-2-14-9-5-7(11)6(10)4-8(9)12/h4-5,13-14H,2-3,12H2,1H3. The van der Waals surface area contributed by atoms with Crippen molar-refractivity contribution >= 4 is 33.0 Å². The molecule has 8 heteroatoms. The van der Waals surface area contributed by atoms with Gasteiger partial charge in [0.1, 0.15) is 5.82 Å². The van der Waals surface area contributed by atoms with Crippen LogP contribution in [-0.2, 0) is 10.0 Å². The van der Waals surface area contributed by atoms with Crippen molar-refractivity contribution in [1.82, 2.24) is 4.72 Å². The van der Waals surface area contributed by atoms with Gasteiger partial charge in [0, 0.05) is 12.6 Å². The van der Waals surface area contributed by atoms with Crippen molar-refractivity contribution in [1.29, 1.82) is 0 Å². The molecule has 0 unspecified atom stereocenters. The van der Waals surface area contributed by atoms with Gasteiger partial charge in [0.05, 0.1) is 22.2 Å². The molecule has 0 atom stereocenters. The zero-order valence-electron chi connectivity index (χ0n) is 9.13. The highest BCUT2D eigenvalue weighted by Crippen LogP contribution is 2.25. The Kier molecular flexibility index (Phi) is 4.55. The summed E-state index contributed by atoms with van der Waals surface area (Å²) in [6.45, 7) is 0.119. The summed E-state index contributed by atoms with van der Waals surface area (Å²) in [5, 5.41) is 2.66. The van der Waals surface area contributed by atoms with E-state index in [-0.39, 0.29) is 23.0 Å². The van der Waals surface area contributed by atoms with E-state index in [4.69, 9.17) is 17.3 Å². The highest BCUT2D eigenvalue weighted by molar-refractivity contribution is 7.89. The minimum Gasteiger partial charge on any atom is -0.397 e. The molecule has 1 aromatic carbocycles. The third-order valence-corrected chi connectivity index (χ3v) is 3.74. The van der Waals surface area contributed by atoms with Crippen molar-refractivity contribution in [2.45, 2.75) is 0 Å². The number of anilines is 2. The Morgan fingerprint density at radius 1 is 1.47 bits per heavy atom. The number of hydrogen-bond donors (Lipinski definition) is 3. The van der Waals surface area contributed by atoms with Crippen molar-refractivity contribution in [3.05, 3.63) is 23.0 Å². The van der Waals surface area contributed by atoms with Gasteiger partial charge in [-0.15, -0.1) is 0 Å². The van der Waals surface area contributed by atoms with Crippen LogP contribution in [0.3, 0.4) is 0 Å². The molecule has 0 amide bonds. The molecule has 0 fully saturated rings. The minimum absolute atomic E-state index is 0.0732. The lowest BCUT2D eigenvalue weighted by molar-refractivity contribution is 0.588. The maximum Gasteiger partial charge on any atom is 0.213 e. The second-order valence-electron chi connectivity index (χ2n) is 3.30. The molecule has 5 nitrogen and oxygen atoms in total. The SMILES string of the molecule is CNS(=O)(=O)CCNc1cc(F)c(Cl)cc1N. The number of hydrogen-bond acceptors (Lipinski definition) is 4. The third kappa shape index (κ3) is 4.03. The first kappa shape index (κ1) is 14.0. The summed E-state index contributed by atoms with van der Waals surface area (Å²) in [5.74, 6) is -0.743. The predicted molar refractivity (Wildman–Crippen MR) is 67.2 cm³/mol. The second-order valence-corrected chi connectivity index (χ2v) is 5.76. The van der Waals surface area contributed by atoms with E-state index >= 15 is 0 Å². The van der Waals surface area contributed by atoms with Crippen LogP contribution >= 0.6 is 11.6 Å². The zero-order chi connectivity index (χ0) is 13.1. The van der Waals surface area contributed by atoms with Crippen molar-refractivity contribution in [2.24, 2.45) is 0 Å². The lowest BCUT2D eigenvalue weighted by atomic mass is 10.2. The molecule has 1 rings (SSSR count). The van der Waals surface area contributed by atoms with Gasteiger partial charge in [-0.25, -0.2) is 17.5 Å². The fraction of sp³-hybridized carbons (Fsp3) is 0.333. The number of nitrogens with two attached hydrogens (primary N) is 1. The van der Waals surface area contributed by atoms with Crippen LogP contribution in [0.1, 0.15) is 0 Å². The van der Waals surface area contributed by atoms with Gasteiger partial charge in [0.2, 0.25) is 10.0 Å². The summed E-state index contributed by atoms with van der Waals surface area (Å²) in [7, 11) is -1.97. The van der Waals surface area contributed by atoms with Crippen LogP contribution in [-0.4, -0.2) is 27.8 Å². The fourth-order valence-corrected chi connectivity index (χ4v) is 1.88. The summed E-state index contributed by atoms with van der Waals surface area (Å²) in [4.78, 5) is 0. The lowest BCUT2D eigenvalue weighted by Gasteiger charge is -2.10. The van der Waals surface area contributed by atoms with Crippen LogP contribution in [0.2, 0.25) is 5.02 Å². The smallest absolute Gasteiger partial charge is 0.213 e. The molecule has 1 aromatic rings. The first-order chi connectivity index (χ1) is 7.85. The molecule has 0 aliphatic heterocycles. The summed E-state index contributed by atoms with van der Waals surface area (Å²) in [5.41, 5.74) is 6.17. The molecular formula is C9H13ClFN3O2S. The average molecular weight is 282 g/mol. The maximum absolute atomic E-state index is 13.1. The van der Waals surface area contributed by atoms with Gasteiger partial charge in [-0.1, -0.05) is 11.6 Å². The van der Waals surface area contributed by atoms with Crippen LogP contribution in [0, 0.1) is 5.82 Å². The summed E-state index contributed by atoms with van der Waals surface area (Å²) in [6.07, 6.45) is 0. The summed E-state index contributed by atoms with van der Waals surface area (Å²) < 4.78 is 37.5. The van der Waals surface area contributed by atoms with E-state index < -0.39 is 15.8 Å². The molecule has 17 heavy (non-hydrogen) atoms. The van der Waals surface area contributed by atoms with Gasteiger partial charge in [-0.3, -0.25) is 0 Å². The number of halogens is 2. The van der Waals surface area contributed by atoms with E-state index in [0.717, 1.165) is 6.07 Å². The highest BCUT2D eigenvalue weighted by Gasteiger charge is 2.09. The van der Waals surface area contributed by atoms with E-state index in [1.54, 1.807) is 0 Å². The number of benzene rings is 1. The van der Waals surface area contributed by atoms with Gasteiger partial charge < -0.3 is 11.1 Å². The Morgan fingerprint density at radius 2 is 2.12 bits per heavy atom. The van der Waals surface area contributed by atoms with Crippen molar-refractivity contribution in [2.75, 3.05) is 30.4 Å². The molecular weight excluding hydrogens is 269 g/mol. The molecule has 4 N–H and O–H groups in total. The summed E-state index contributed by atoms with van der Waals surface area (Å²) >= 11 is 5.53. The van der Waals surface area contributed by atoms with Crippen molar-refractivity contribution in [3.8, 4) is 0 Å². The molecule has 0 saturated carbocycles. The Bertz CT molecular complexity index is 507. The number of nitrogens with one attached hydrogen (secondary N) is 2. The molecule has 0 heterocycles. The largest absolute Gasteiger partial charge is 0.397 e. The Hall–Kier alpha value is -1.05. The highest BCUT2D eigenvalue weighted by atomic mass is 35.5. The van der Waals surface area contributed by atoms with Crippen molar-refractivity contribution < 1.29 is 12.8 Å². The molecule has 0 saturated heterocycles. The first-order valence-corrected chi connectivity index (χ1v) is 6.78. The lowest BCUT2D eigenvalue weighted by Crippen LogP contribution is -2.26. The molecule has 0 aliphatic carbocycles. The quantitative estimate of drug-likeness (QED) is 0.704. The molecule has 0 bridgehead atoms. The van der Waals surface area contributed by atoms with Crippen LogP contribution in [0.5, 0.6) is 0 Å². The minimum atomic E-state index is -3.29. The molecule has 0 aliphatic rings. The van der Waals surface area contributed by atoms with Crippen molar-refractivity contribution in [3.63, 3.8) is 0 Å². The maximum atomic E-state index is 13.1. The summed E-state index contributed by atoms with van der Waals surface area (Å²) in [6, 6.07) is 2.40. The van der Waals surface area contributed by atoms with E-state index in [9.17, 15) is 12.8 Å². The fourth-order valence-electron chi connectivity index (χ4n) is 1.14. The first-order valence-electron chi connectivity index (χ1n) is 4.75. The zero-order valence-corrected chi connectivity index (χ0v) is 10.7. The van der Waals surface area contributed by atoms with E-state index in [0.29, 0.717) is 5.69 Å². The predicted octanol–water partition coefficient (Wildman–Crippen LogP) is 1.02. The molecule has 0 spiro atoms. The van der Waals surface area contributed by atoms with Gasteiger partial charge in [-0.2, -0.15) is 0 Å². The van der Waals surface area contributed by atoms with E-state index in [1.807, 2.05) is 0 Å². The van der Waals surface area contributed by atoms with Gasteiger partial charge in [-0.05, 0) is 13.1 Å². The van der Waals surface area contributed by atoms with Crippen LogP contribution in [0.15, 0.2) is 12.1 Å². The molecule has 0 radical (unpaired) electrons. The van der Waals surface area contributed by atoms with Gasteiger partial charge in [0.15, 0.2) is 0 Å². The number of nitrogen functional groups attached to an aromatic ring is 1. The number of rotatable bonds is 5. The average Bonchev–Trinajstić information content (AvgIpc) is 2.25. The van der Waals surface area contributed by atoms with Crippen LogP contribution < -0.4 is 15.8 Å². The Labute approximate surface area is 104 Å². The Morgan fingerprint density at radius 3 is 2.71 bits per heavy atom. The van der Waals surface area contributed by atoms with E-state index in [2.05, 4.69) is 10.0 Å². The van der Waals surface area contributed by atoms with Gasteiger partial charge in [0.25, 0.3) is 0 Å². The van der Waals surface area contributed by atoms with E-state index in [1.165, 1.54) is 13.1 Å². The normalized spacial score (nSPS) is 11.5. The van der Waals surface area contributed by atoms with Crippen LogP contribution in [0.4, 0.5) is 15.8 Å². The Balaban J connectivity index is 2.68. The molecule has 96 valence electrons.